The smallest absolute Gasteiger partial charge is 0.468 e. The van der Waals surface area contributed by atoms with Gasteiger partial charge in [-0.05, 0) is 49.8 Å². The van der Waals surface area contributed by atoms with E-state index < -0.39 is 36.0 Å². The number of rotatable bonds is 15. The van der Waals surface area contributed by atoms with Crippen molar-refractivity contribution in [2.75, 3.05) is 13.7 Å². The second kappa shape index (κ2) is 16.8. The number of hydrogen-bond acceptors (Lipinski definition) is 11. The van der Waals surface area contributed by atoms with Crippen LogP contribution < -0.4 is 15.2 Å². The van der Waals surface area contributed by atoms with Gasteiger partial charge in [0.25, 0.3) is 0 Å². The van der Waals surface area contributed by atoms with Gasteiger partial charge in [-0.3, -0.25) is 9.59 Å². The monoisotopic (exact) mass is 581 g/mol. The highest BCUT2D eigenvalue weighted by molar-refractivity contribution is 5.81. The minimum absolute atomic E-state index is 0.0218. The molecule has 11 nitrogen and oxygen atoms in total. The maximum Gasteiger partial charge on any atom is 0.514 e. The fourth-order valence-corrected chi connectivity index (χ4v) is 3.49. The van der Waals surface area contributed by atoms with Gasteiger partial charge in [0.2, 0.25) is 0 Å². The molecule has 0 saturated carbocycles. The quantitative estimate of drug-likeness (QED) is 0.157. The van der Waals surface area contributed by atoms with Gasteiger partial charge in [0.15, 0.2) is 11.5 Å². The van der Waals surface area contributed by atoms with Crippen molar-refractivity contribution in [3.05, 3.63) is 23.8 Å². The molecule has 0 aliphatic carbocycles. The largest absolute Gasteiger partial charge is 0.514 e. The number of nitrogens with two attached hydrogens (primary N) is 1. The predicted molar refractivity (Wildman–Crippen MR) is 152 cm³/mol. The summed E-state index contributed by atoms with van der Waals surface area (Å²) in [4.78, 5) is 49.8. The Morgan fingerprint density at radius 3 is 1.88 bits per heavy atom. The fraction of sp³-hybridized carbons (Fsp3) is 0.667. The molecule has 0 aliphatic heterocycles. The van der Waals surface area contributed by atoms with Gasteiger partial charge in [0, 0.05) is 12.8 Å². The Morgan fingerprint density at radius 1 is 0.854 bits per heavy atom. The van der Waals surface area contributed by atoms with Gasteiger partial charge in [-0.25, -0.2) is 9.59 Å². The standard InChI is InChI=1S/C30H47NO10/c1-10-11-20(6)26(32)37-15-14-30(31,27(33)36-9)17-23-12-13-24(40-28(34)38-21(7)18(2)3)25(16-23)41-29(35)39-22(8)19(4)5/h12-13,16,18-22H,10-11,14-15,17,31H2,1-9H3/t20-,21?,22?,30?/m0/s1. The lowest BCUT2D eigenvalue weighted by Gasteiger charge is -2.27. The zero-order valence-corrected chi connectivity index (χ0v) is 25.8. The van der Waals surface area contributed by atoms with Crippen molar-refractivity contribution >= 4 is 24.2 Å². The van der Waals surface area contributed by atoms with Crippen molar-refractivity contribution in [1.29, 1.82) is 0 Å². The summed E-state index contributed by atoms with van der Waals surface area (Å²) in [5, 5.41) is 0. The van der Waals surface area contributed by atoms with Gasteiger partial charge >= 0.3 is 24.2 Å². The average Bonchev–Trinajstić information content (AvgIpc) is 2.89. The Labute approximate surface area is 243 Å². The third kappa shape index (κ3) is 12.0. The first-order valence-corrected chi connectivity index (χ1v) is 14.1. The molecule has 4 atom stereocenters. The molecule has 1 rings (SSSR count). The van der Waals surface area contributed by atoms with Crippen molar-refractivity contribution in [3.63, 3.8) is 0 Å². The van der Waals surface area contributed by atoms with E-state index in [2.05, 4.69) is 0 Å². The van der Waals surface area contributed by atoms with E-state index in [9.17, 15) is 19.2 Å². The highest BCUT2D eigenvalue weighted by Crippen LogP contribution is 2.32. The number of methoxy groups -OCH3 is 1. The summed E-state index contributed by atoms with van der Waals surface area (Å²) in [6, 6.07) is 4.37. The molecule has 0 bridgehead atoms. The van der Waals surface area contributed by atoms with Gasteiger partial charge in [-0.2, -0.15) is 0 Å². The number of hydrogen-bond donors (Lipinski definition) is 1. The molecule has 0 spiro atoms. The van der Waals surface area contributed by atoms with Crippen LogP contribution in [0.5, 0.6) is 11.5 Å². The molecular weight excluding hydrogens is 534 g/mol. The first-order chi connectivity index (χ1) is 19.1. The molecule has 0 amide bonds. The molecule has 41 heavy (non-hydrogen) atoms. The molecule has 0 saturated heterocycles. The van der Waals surface area contributed by atoms with Crippen LogP contribution in [0, 0.1) is 17.8 Å². The Bertz CT molecular complexity index is 1020. The third-order valence-corrected chi connectivity index (χ3v) is 6.86. The van der Waals surface area contributed by atoms with Crippen LogP contribution in [0.4, 0.5) is 9.59 Å². The summed E-state index contributed by atoms with van der Waals surface area (Å²) >= 11 is 0. The summed E-state index contributed by atoms with van der Waals surface area (Å²) in [5.41, 5.74) is 5.34. The summed E-state index contributed by atoms with van der Waals surface area (Å²) in [5.74, 6) is -1.50. The van der Waals surface area contributed by atoms with Crippen LogP contribution in [0.1, 0.15) is 80.2 Å². The minimum atomic E-state index is -1.57. The minimum Gasteiger partial charge on any atom is -0.468 e. The zero-order valence-electron chi connectivity index (χ0n) is 25.8. The van der Waals surface area contributed by atoms with E-state index in [1.807, 2.05) is 34.6 Å². The van der Waals surface area contributed by atoms with E-state index in [1.165, 1.54) is 19.2 Å². The van der Waals surface area contributed by atoms with Crippen molar-refractivity contribution in [2.45, 2.75) is 98.8 Å². The van der Waals surface area contributed by atoms with Crippen LogP contribution in [-0.2, 0) is 35.0 Å². The Morgan fingerprint density at radius 2 is 1.39 bits per heavy atom. The van der Waals surface area contributed by atoms with E-state index in [1.54, 1.807) is 26.8 Å². The Kier molecular flexibility index (Phi) is 14.6. The lowest BCUT2D eigenvalue weighted by Crippen LogP contribution is -2.51. The van der Waals surface area contributed by atoms with Crippen molar-refractivity contribution < 1.29 is 47.6 Å². The third-order valence-electron chi connectivity index (χ3n) is 6.86. The van der Waals surface area contributed by atoms with Gasteiger partial charge < -0.3 is 34.2 Å². The molecule has 232 valence electrons. The first kappa shape index (κ1) is 35.7. The number of benzene rings is 1. The first-order valence-electron chi connectivity index (χ1n) is 14.1. The maximum atomic E-state index is 12.7. The lowest BCUT2D eigenvalue weighted by molar-refractivity contribution is -0.153. The molecule has 0 radical (unpaired) electrons. The molecule has 0 aromatic heterocycles. The lowest BCUT2D eigenvalue weighted by atomic mass is 9.88. The van der Waals surface area contributed by atoms with E-state index in [0.717, 1.165) is 6.42 Å². The molecular formula is C30H47NO10. The number of carbonyl (C=O) groups excluding carboxylic acids is 4. The van der Waals surface area contributed by atoms with E-state index in [0.29, 0.717) is 12.0 Å². The highest BCUT2D eigenvalue weighted by atomic mass is 16.8. The second-order valence-electron chi connectivity index (χ2n) is 11.1. The van der Waals surface area contributed by atoms with Crippen LogP contribution in [0.25, 0.3) is 0 Å². The fourth-order valence-electron chi connectivity index (χ4n) is 3.49. The number of ether oxygens (including phenoxy) is 6. The average molecular weight is 582 g/mol. The predicted octanol–water partition coefficient (Wildman–Crippen LogP) is 5.59. The van der Waals surface area contributed by atoms with Gasteiger partial charge in [-0.15, -0.1) is 0 Å². The SMILES string of the molecule is CCC[C@H](C)C(=O)OCCC(N)(Cc1ccc(OC(=O)OC(C)C(C)C)c(OC(=O)OC(C)C(C)C)c1)C(=O)OC. The molecule has 2 N–H and O–H groups in total. The molecule has 0 aliphatic rings. The van der Waals surface area contributed by atoms with Crippen LogP contribution >= 0.6 is 0 Å². The van der Waals surface area contributed by atoms with Crippen molar-refractivity contribution in [2.24, 2.45) is 23.5 Å². The van der Waals surface area contributed by atoms with Crippen molar-refractivity contribution in [1.82, 2.24) is 0 Å². The zero-order chi connectivity index (χ0) is 31.3. The number of carbonyl (C=O) groups is 4. The molecule has 0 fully saturated rings. The Hall–Kier alpha value is -3.34. The van der Waals surface area contributed by atoms with E-state index in [4.69, 9.17) is 34.2 Å². The Balaban J connectivity index is 3.22. The van der Waals surface area contributed by atoms with Gasteiger partial charge in [-0.1, -0.05) is 54.0 Å². The van der Waals surface area contributed by atoms with Crippen LogP contribution in [-0.4, -0.2) is 55.7 Å². The summed E-state index contributed by atoms with van der Waals surface area (Å²) in [6.45, 7) is 14.6. The number of esters is 2. The van der Waals surface area contributed by atoms with Crippen LogP contribution in [0.3, 0.4) is 0 Å². The van der Waals surface area contributed by atoms with Crippen molar-refractivity contribution in [3.8, 4) is 11.5 Å². The van der Waals surface area contributed by atoms with Crippen LogP contribution in [0.15, 0.2) is 18.2 Å². The normalized spacial score (nSPS) is 14.8. The molecule has 3 unspecified atom stereocenters. The van der Waals surface area contributed by atoms with Crippen LogP contribution in [0.2, 0.25) is 0 Å². The van der Waals surface area contributed by atoms with E-state index >= 15 is 0 Å². The summed E-state index contributed by atoms with van der Waals surface area (Å²) in [6.07, 6.45) is -1.40. The summed E-state index contributed by atoms with van der Waals surface area (Å²) < 4.78 is 31.6. The molecule has 0 heterocycles. The van der Waals surface area contributed by atoms with Gasteiger partial charge in [0.05, 0.1) is 19.6 Å². The highest BCUT2D eigenvalue weighted by Gasteiger charge is 2.36. The topological polar surface area (TPSA) is 150 Å². The molecule has 1 aromatic rings. The summed E-state index contributed by atoms with van der Waals surface area (Å²) in [7, 11) is 1.21. The van der Waals surface area contributed by atoms with E-state index in [-0.39, 0.29) is 54.7 Å². The molecule has 11 heteroatoms. The maximum absolute atomic E-state index is 12.7. The van der Waals surface area contributed by atoms with Gasteiger partial charge in [0.1, 0.15) is 17.7 Å². The second-order valence-corrected chi connectivity index (χ2v) is 11.1. The molecule has 1 aromatic carbocycles.